The number of hydrogen-bond acceptors (Lipinski definition) is 2. The standard InChI is InChI=1S/C25H25N3O/c1-18(2)28(17-19-12-14-26-15-13-19)24(29)16-22-21-10-6-7-11-23(21)27-25(22)20-8-4-3-5-9-20/h3-15,18,27H,16-17H2,1-2H3. The Morgan fingerprint density at radius 3 is 2.38 bits per heavy atom. The number of fused-ring (bicyclic) bond motifs is 1. The van der Waals surface area contributed by atoms with Crippen LogP contribution >= 0.6 is 0 Å². The molecule has 4 rings (SSSR count). The third kappa shape index (κ3) is 4.06. The number of amides is 1. The van der Waals surface area contributed by atoms with Crippen LogP contribution in [-0.2, 0) is 17.8 Å². The van der Waals surface area contributed by atoms with Gasteiger partial charge in [0.1, 0.15) is 0 Å². The molecule has 0 aliphatic rings. The van der Waals surface area contributed by atoms with Gasteiger partial charge in [0.2, 0.25) is 5.91 Å². The highest BCUT2D eigenvalue weighted by Crippen LogP contribution is 2.31. The molecular formula is C25H25N3O. The average Bonchev–Trinajstić information content (AvgIpc) is 3.11. The zero-order valence-electron chi connectivity index (χ0n) is 16.8. The molecule has 2 aromatic carbocycles. The van der Waals surface area contributed by atoms with Crippen LogP contribution in [0.25, 0.3) is 22.2 Å². The predicted octanol–water partition coefficient (Wildman–Crippen LogP) is 5.21. The highest BCUT2D eigenvalue weighted by molar-refractivity contribution is 5.95. The summed E-state index contributed by atoms with van der Waals surface area (Å²) in [6.07, 6.45) is 3.90. The molecule has 29 heavy (non-hydrogen) atoms. The molecule has 2 aromatic heterocycles. The van der Waals surface area contributed by atoms with Crippen LogP contribution < -0.4 is 0 Å². The Hall–Kier alpha value is -3.40. The van der Waals surface area contributed by atoms with Crippen LogP contribution in [0.2, 0.25) is 0 Å². The fourth-order valence-electron chi connectivity index (χ4n) is 3.73. The predicted molar refractivity (Wildman–Crippen MR) is 117 cm³/mol. The van der Waals surface area contributed by atoms with Gasteiger partial charge in [-0.2, -0.15) is 0 Å². The summed E-state index contributed by atoms with van der Waals surface area (Å²) in [6.45, 7) is 4.71. The molecule has 2 heterocycles. The number of aromatic amines is 1. The van der Waals surface area contributed by atoms with Gasteiger partial charge in [0.15, 0.2) is 0 Å². The molecule has 0 bridgehead atoms. The van der Waals surface area contributed by atoms with E-state index in [1.54, 1.807) is 12.4 Å². The van der Waals surface area contributed by atoms with Gasteiger partial charge < -0.3 is 9.88 Å². The molecule has 0 unspecified atom stereocenters. The fourth-order valence-corrected chi connectivity index (χ4v) is 3.73. The van der Waals surface area contributed by atoms with E-state index >= 15 is 0 Å². The van der Waals surface area contributed by atoms with Crippen molar-refractivity contribution in [2.24, 2.45) is 0 Å². The Balaban J connectivity index is 1.69. The smallest absolute Gasteiger partial charge is 0.227 e. The summed E-state index contributed by atoms with van der Waals surface area (Å²) in [6, 6.07) is 22.4. The third-order valence-corrected chi connectivity index (χ3v) is 5.25. The number of hydrogen-bond donors (Lipinski definition) is 1. The first-order chi connectivity index (χ1) is 14.1. The number of pyridine rings is 1. The molecule has 0 aliphatic carbocycles. The van der Waals surface area contributed by atoms with Crippen molar-refractivity contribution in [3.05, 3.63) is 90.3 Å². The van der Waals surface area contributed by atoms with E-state index in [2.05, 4.69) is 48.1 Å². The number of rotatable bonds is 6. The molecule has 1 amide bonds. The van der Waals surface area contributed by atoms with Crippen molar-refractivity contribution in [2.75, 3.05) is 0 Å². The van der Waals surface area contributed by atoms with Gasteiger partial charge in [-0.1, -0.05) is 48.5 Å². The average molecular weight is 383 g/mol. The third-order valence-electron chi connectivity index (χ3n) is 5.25. The second kappa shape index (κ2) is 8.31. The lowest BCUT2D eigenvalue weighted by Gasteiger charge is -2.27. The minimum atomic E-state index is 0.112. The van der Waals surface area contributed by atoms with E-state index in [1.807, 2.05) is 47.4 Å². The Morgan fingerprint density at radius 1 is 0.966 bits per heavy atom. The summed E-state index contributed by atoms with van der Waals surface area (Å²) >= 11 is 0. The molecule has 0 atom stereocenters. The van der Waals surface area contributed by atoms with E-state index in [-0.39, 0.29) is 11.9 Å². The summed E-state index contributed by atoms with van der Waals surface area (Å²) in [5.41, 5.74) is 5.31. The summed E-state index contributed by atoms with van der Waals surface area (Å²) < 4.78 is 0. The van der Waals surface area contributed by atoms with E-state index in [4.69, 9.17) is 0 Å². The van der Waals surface area contributed by atoms with Gasteiger partial charge in [-0.3, -0.25) is 9.78 Å². The maximum atomic E-state index is 13.4. The molecule has 0 saturated carbocycles. The molecule has 4 nitrogen and oxygen atoms in total. The molecule has 0 spiro atoms. The van der Waals surface area contributed by atoms with Gasteiger partial charge in [-0.25, -0.2) is 0 Å². The Labute approximate surface area is 171 Å². The van der Waals surface area contributed by atoms with Crippen LogP contribution in [0.15, 0.2) is 79.1 Å². The number of nitrogens with one attached hydrogen (secondary N) is 1. The van der Waals surface area contributed by atoms with Crippen molar-refractivity contribution in [3.63, 3.8) is 0 Å². The first kappa shape index (κ1) is 18.9. The molecule has 0 saturated heterocycles. The van der Waals surface area contributed by atoms with Crippen LogP contribution in [0.1, 0.15) is 25.0 Å². The minimum absolute atomic E-state index is 0.112. The van der Waals surface area contributed by atoms with Crippen molar-refractivity contribution in [1.82, 2.24) is 14.9 Å². The summed E-state index contributed by atoms with van der Waals surface area (Å²) in [5.74, 6) is 0.124. The van der Waals surface area contributed by atoms with Crippen LogP contribution in [0.4, 0.5) is 0 Å². The summed E-state index contributed by atoms with van der Waals surface area (Å²) in [4.78, 5) is 22.9. The first-order valence-corrected chi connectivity index (χ1v) is 9.97. The second-order valence-corrected chi connectivity index (χ2v) is 7.54. The van der Waals surface area contributed by atoms with Gasteiger partial charge in [0, 0.05) is 35.9 Å². The number of H-pyrrole nitrogens is 1. The number of carbonyl (C=O) groups is 1. The SMILES string of the molecule is CC(C)N(Cc1ccncc1)C(=O)Cc1c(-c2ccccc2)[nH]c2ccccc12. The maximum Gasteiger partial charge on any atom is 0.227 e. The van der Waals surface area contributed by atoms with Crippen molar-refractivity contribution in [2.45, 2.75) is 32.9 Å². The van der Waals surface area contributed by atoms with E-state index in [0.29, 0.717) is 13.0 Å². The van der Waals surface area contributed by atoms with E-state index in [1.165, 1.54) is 0 Å². The van der Waals surface area contributed by atoms with E-state index in [0.717, 1.165) is 33.3 Å². The number of benzene rings is 2. The highest BCUT2D eigenvalue weighted by Gasteiger charge is 2.22. The minimum Gasteiger partial charge on any atom is -0.354 e. The molecule has 0 aliphatic heterocycles. The lowest BCUT2D eigenvalue weighted by atomic mass is 10.0. The lowest BCUT2D eigenvalue weighted by molar-refractivity contribution is -0.132. The Kier molecular flexibility index (Phi) is 5.43. The number of para-hydroxylation sites is 1. The van der Waals surface area contributed by atoms with E-state index < -0.39 is 0 Å². The van der Waals surface area contributed by atoms with Crippen LogP contribution in [-0.4, -0.2) is 26.8 Å². The molecule has 4 aromatic rings. The van der Waals surface area contributed by atoms with Gasteiger partial charge in [0.05, 0.1) is 12.1 Å². The lowest BCUT2D eigenvalue weighted by Crippen LogP contribution is -2.37. The topological polar surface area (TPSA) is 49.0 Å². The van der Waals surface area contributed by atoms with E-state index in [9.17, 15) is 4.79 Å². The fraction of sp³-hybridized carbons (Fsp3) is 0.200. The normalized spacial score (nSPS) is 11.1. The molecule has 0 fully saturated rings. The van der Waals surface area contributed by atoms with Crippen molar-refractivity contribution in [3.8, 4) is 11.3 Å². The zero-order chi connectivity index (χ0) is 20.2. The number of aromatic nitrogens is 2. The Morgan fingerprint density at radius 2 is 1.66 bits per heavy atom. The molecule has 4 heteroatoms. The monoisotopic (exact) mass is 383 g/mol. The second-order valence-electron chi connectivity index (χ2n) is 7.54. The summed E-state index contributed by atoms with van der Waals surface area (Å²) in [7, 11) is 0. The van der Waals surface area contributed by atoms with Crippen molar-refractivity contribution in [1.29, 1.82) is 0 Å². The highest BCUT2D eigenvalue weighted by atomic mass is 16.2. The zero-order valence-corrected chi connectivity index (χ0v) is 16.8. The van der Waals surface area contributed by atoms with Crippen LogP contribution in [0.5, 0.6) is 0 Å². The number of carbonyl (C=O) groups excluding carboxylic acids is 1. The van der Waals surface area contributed by atoms with Crippen molar-refractivity contribution >= 4 is 16.8 Å². The Bertz CT molecular complexity index is 1100. The van der Waals surface area contributed by atoms with Crippen molar-refractivity contribution < 1.29 is 4.79 Å². The molecule has 1 N–H and O–H groups in total. The molecular weight excluding hydrogens is 358 g/mol. The van der Waals surface area contributed by atoms with Gasteiger partial charge >= 0.3 is 0 Å². The van der Waals surface area contributed by atoms with Gasteiger partial charge in [-0.05, 0) is 48.7 Å². The molecule has 0 radical (unpaired) electrons. The number of nitrogens with zero attached hydrogens (tertiary/aromatic N) is 2. The van der Waals surface area contributed by atoms with Gasteiger partial charge in [0.25, 0.3) is 0 Å². The largest absolute Gasteiger partial charge is 0.354 e. The maximum absolute atomic E-state index is 13.4. The van der Waals surface area contributed by atoms with Gasteiger partial charge in [-0.15, -0.1) is 0 Å². The van der Waals surface area contributed by atoms with Crippen LogP contribution in [0, 0.1) is 0 Å². The quantitative estimate of drug-likeness (QED) is 0.497. The van der Waals surface area contributed by atoms with Crippen LogP contribution in [0.3, 0.4) is 0 Å². The first-order valence-electron chi connectivity index (χ1n) is 9.97. The summed E-state index contributed by atoms with van der Waals surface area (Å²) in [5, 5.41) is 1.10. The molecule has 146 valence electrons.